The zero-order valence-corrected chi connectivity index (χ0v) is 20.8. The number of fused-ring (bicyclic) bond motifs is 1. The normalized spacial score (nSPS) is 24.1. The van der Waals surface area contributed by atoms with Crippen LogP contribution in [0.3, 0.4) is 0 Å². The summed E-state index contributed by atoms with van der Waals surface area (Å²) in [6, 6.07) is 6.15. The Morgan fingerprint density at radius 3 is 2.80 bits per heavy atom. The van der Waals surface area contributed by atoms with E-state index in [0.29, 0.717) is 25.0 Å². The van der Waals surface area contributed by atoms with Crippen LogP contribution in [0.15, 0.2) is 48.6 Å². The van der Waals surface area contributed by atoms with Gasteiger partial charge in [-0.2, -0.15) is 0 Å². The van der Waals surface area contributed by atoms with E-state index in [-0.39, 0.29) is 24.1 Å². The molecule has 7 nitrogen and oxygen atoms in total. The van der Waals surface area contributed by atoms with Gasteiger partial charge in [0.05, 0.1) is 23.8 Å². The minimum absolute atomic E-state index is 0.190. The summed E-state index contributed by atoms with van der Waals surface area (Å²) in [5.74, 6) is -0.369. The molecule has 2 aliphatic rings. The van der Waals surface area contributed by atoms with E-state index < -0.39 is 17.5 Å². The molecule has 1 aromatic heterocycles. The minimum Gasteiger partial charge on any atom is -0.457 e. The number of aromatic nitrogens is 1. The number of benzene rings is 1. The summed E-state index contributed by atoms with van der Waals surface area (Å²) >= 11 is 0. The fourth-order valence-corrected chi connectivity index (χ4v) is 4.23. The lowest BCUT2D eigenvalue weighted by Gasteiger charge is -2.36. The zero-order chi connectivity index (χ0) is 25.2. The third-order valence-corrected chi connectivity index (χ3v) is 5.74. The van der Waals surface area contributed by atoms with Gasteiger partial charge in [0.1, 0.15) is 23.4 Å². The Morgan fingerprint density at radius 2 is 2.09 bits per heavy atom. The molecule has 1 fully saturated rings. The highest BCUT2D eigenvalue weighted by molar-refractivity contribution is 5.87. The molecule has 1 aromatic carbocycles. The predicted octanol–water partition coefficient (Wildman–Crippen LogP) is 5.84. The quantitative estimate of drug-likeness (QED) is 0.574. The molecule has 1 saturated heterocycles. The molecule has 8 heteroatoms. The maximum absolute atomic E-state index is 13.8. The average Bonchev–Trinajstić information content (AvgIpc) is 3.10. The van der Waals surface area contributed by atoms with Gasteiger partial charge in [-0.15, -0.1) is 0 Å². The molecule has 4 rings (SSSR count). The molecule has 188 valence electrons. The molecule has 0 bridgehead atoms. The van der Waals surface area contributed by atoms with Gasteiger partial charge in [-0.3, -0.25) is 4.98 Å². The van der Waals surface area contributed by atoms with Crippen molar-refractivity contribution in [1.29, 1.82) is 0 Å². The van der Waals surface area contributed by atoms with Crippen molar-refractivity contribution >= 4 is 23.1 Å². The van der Waals surface area contributed by atoms with Crippen molar-refractivity contribution in [3.05, 3.63) is 59.9 Å². The van der Waals surface area contributed by atoms with Gasteiger partial charge >= 0.3 is 6.09 Å². The Kier molecular flexibility index (Phi) is 7.03. The second-order valence-corrected chi connectivity index (χ2v) is 10.4. The number of hydrogen-bond donors (Lipinski definition) is 1. The van der Waals surface area contributed by atoms with Crippen molar-refractivity contribution in [3.63, 3.8) is 0 Å². The summed E-state index contributed by atoms with van der Waals surface area (Å²) < 4.78 is 37.1. The lowest BCUT2D eigenvalue weighted by molar-refractivity contribution is -0.123. The van der Waals surface area contributed by atoms with Crippen molar-refractivity contribution < 1.29 is 28.1 Å². The van der Waals surface area contributed by atoms with E-state index in [9.17, 15) is 9.18 Å². The SMILES string of the molecule is CC(C)(C)OC(=O)N[C@@H]1CC[C@@H](/C=C/c2ccnc3ccc(F)cc23)O[C@@H]1CC1=COC(C)(C)O1. The fraction of sp³-hybridized carbons (Fsp3) is 0.481. The highest BCUT2D eigenvalue weighted by Gasteiger charge is 2.36. The lowest BCUT2D eigenvalue weighted by Crippen LogP contribution is -2.50. The van der Waals surface area contributed by atoms with Crippen LogP contribution in [-0.2, 0) is 18.9 Å². The van der Waals surface area contributed by atoms with Gasteiger partial charge < -0.3 is 24.3 Å². The molecular weight excluding hydrogens is 451 g/mol. The number of pyridine rings is 1. The van der Waals surface area contributed by atoms with E-state index in [1.807, 2.05) is 52.8 Å². The topological polar surface area (TPSA) is 78.9 Å². The first-order valence-electron chi connectivity index (χ1n) is 11.9. The summed E-state index contributed by atoms with van der Waals surface area (Å²) in [5.41, 5.74) is 0.994. The number of alkyl carbamates (subject to hydrolysis) is 1. The average molecular weight is 485 g/mol. The number of hydrogen-bond acceptors (Lipinski definition) is 6. The maximum atomic E-state index is 13.8. The van der Waals surface area contributed by atoms with E-state index in [1.54, 1.807) is 18.5 Å². The Labute approximate surface area is 205 Å². The number of amides is 1. The molecule has 3 atom stereocenters. The van der Waals surface area contributed by atoms with E-state index in [2.05, 4.69) is 10.3 Å². The molecule has 0 radical (unpaired) electrons. The van der Waals surface area contributed by atoms with Crippen LogP contribution < -0.4 is 5.32 Å². The molecule has 0 aliphatic carbocycles. The third-order valence-electron chi connectivity index (χ3n) is 5.74. The first-order valence-corrected chi connectivity index (χ1v) is 11.9. The van der Waals surface area contributed by atoms with Crippen LogP contribution >= 0.6 is 0 Å². The number of halogens is 1. The molecule has 35 heavy (non-hydrogen) atoms. The maximum Gasteiger partial charge on any atom is 0.407 e. The van der Waals surface area contributed by atoms with Gasteiger partial charge in [0.15, 0.2) is 0 Å². The number of nitrogens with one attached hydrogen (secondary N) is 1. The second-order valence-electron chi connectivity index (χ2n) is 10.4. The van der Waals surface area contributed by atoms with E-state index >= 15 is 0 Å². The molecule has 2 aromatic rings. The Morgan fingerprint density at radius 1 is 1.29 bits per heavy atom. The van der Waals surface area contributed by atoms with Crippen LogP contribution in [0.5, 0.6) is 0 Å². The van der Waals surface area contributed by atoms with Crippen LogP contribution in [-0.4, -0.2) is 40.7 Å². The number of carbonyl (C=O) groups is 1. The Hall–Kier alpha value is -3.13. The van der Waals surface area contributed by atoms with E-state index in [4.69, 9.17) is 18.9 Å². The van der Waals surface area contributed by atoms with Crippen LogP contribution in [0.4, 0.5) is 9.18 Å². The summed E-state index contributed by atoms with van der Waals surface area (Å²) in [4.78, 5) is 16.8. The summed E-state index contributed by atoms with van der Waals surface area (Å²) in [7, 11) is 0. The first-order chi connectivity index (χ1) is 16.5. The molecule has 0 saturated carbocycles. The highest BCUT2D eigenvalue weighted by Crippen LogP contribution is 2.32. The molecule has 2 aliphatic heterocycles. The molecule has 0 spiro atoms. The molecule has 0 unspecified atom stereocenters. The Bertz CT molecular complexity index is 1140. The predicted molar refractivity (Wildman–Crippen MR) is 131 cm³/mol. The minimum atomic E-state index is -0.727. The standard InChI is InChI=1S/C27H33FN2O5/c1-26(2,3)35-25(31)30-23-11-9-19(33-24(23)15-20-16-32-27(4,5)34-20)8-6-17-12-13-29-22-10-7-18(28)14-21(17)22/h6-8,10,12-14,16,19,23-24H,9,11,15H2,1-5H3,(H,30,31)/b8-6+/t19-,23-,24-/m1/s1. The smallest absolute Gasteiger partial charge is 0.407 e. The first kappa shape index (κ1) is 25.0. The van der Waals surface area contributed by atoms with Gasteiger partial charge in [0.25, 0.3) is 0 Å². The van der Waals surface area contributed by atoms with Crippen LogP contribution in [0.2, 0.25) is 0 Å². The number of ether oxygens (including phenoxy) is 4. The largest absolute Gasteiger partial charge is 0.457 e. The third kappa shape index (κ3) is 6.72. The number of nitrogens with zero attached hydrogens (tertiary/aromatic N) is 1. The molecule has 1 amide bonds. The zero-order valence-electron chi connectivity index (χ0n) is 20.8. The van der Waals surface area contributed by atoms with Crippen molar-refractivity contribution in [2.24, 2.45) is 0 Å². The van der Waals surface area contributed by atoms with E-state index in [0.717, 1.165) is 16.5 Å². The van der Waals surface area contributed by atoms with E-state index in [1.165, 1.54) is 12.1 Å². The molecule has 1 N–H and O–H groups in total. The lowest BCUT2D eigenvalue weighted by atomic mass is 9.95. The van der Waals surface area contributed by atoms with Crippen molar-refractivity contribution in [2.45, 2.75) is 83.5 Å². The second kappa shape index (κ2) is 9.85. The van der Waals surface area contributed by atoms with Gasteiger partial charge in [-0.25, -0.2) is 9.18 Å². The summed E-state index contributed by atoms with van der Waals surface area (Å²) in [5, 5.41) is 3.70. The van der Waals surface area contributed by atoms with Crippen LogP contribution in [0.1, 0.15) is 59.4 Å². The molecular formula is C27H33FN2O5. The molecule has 3 heterocycles. The highest BCUT2D eigenvalue weighted by atomic mass is 19.1. The van der Waals surface area contributed by atoms with Gasteiger partial charge in [0.2, 0.25) is 5.79 Å². The van der Waals surface area contributed by atoms with Crippen molar-refractivity contribution in [3.8, 4) is 0 Å². The van der Waals surface area contributed by atoms with Gasteiger partial charge in [-0.1, -0.05) is 12.2 Å². The van der Waals surface area contributed by atoms with Crippen molar-refractivity contribution in [2.75, 3.05) is 0 Å². The number of rotatable bonds is 5. The van der Waals surface area contributed by atoms with Crippen LogP contribution in [0, 0.1) is 5.82 Å². The Balaban J connectivity index is 1.49. The summed E-state index contributed by atoms with van der Waals surface area (Å²) in [6.45, 7) is 9.15. The fourth-order valence-electron chi connectivity index (χ4n) is 4.23. The monoisotopic (exact) mass is 484 g/mol. The van der Waals surface area contributed by atoms with Gasteiger partial charge in [0, 0.05) is 31.9 Å². The summed E-state index contributed by atoms with van der Waals surface area (Å²) in [6.07, 6.45) is 8.04. The van der Waals surface area contributed by atoms with Crippen molar-refractivity contribution in [1.82, 2.24) is 10.3 Å². The number of carbonyl (C=O) groups excluding carboxylic acids is 1. The van der Waals surface area contributed by atoms with Gasteiger partial charge in [-0.05, 0) is 63.4 Å². The van der Waals surface area contributed by atoms with Crippen LogP contribution in [0.25, 0.3) is 17.0 Å².